The van der Waals surface area contributed by atoms with E-state index in [-0.39, 0.29) is 11.2 Å². The molecule has 0 atom stereocenters. The summed E-state index contributed by atoms with van der Waals surface area (Å²) in [5, 5.41) is 6.32. The molecule has 0 fully saturated rings. The second-order valence-corrected chi connectivity index (χ2v) is 4.48. The fraction of sp³-hybridized carbons (Fsp3) is 0. The molecule has 0 spiro atoms. The average molecular weight is 279 g/mol. The number of nitrogens with zero attached hydrogens (tertiary/aromatic N) is 1. The number of nitrogens with one attached hydrogen (secondary N) is 1. The van der Waals surface area contributed by atoms with Gasteiger partial charge in [0.15, 0.2) is 0 Å². The lowest BCUT2D eigenvalue weighted by molar-refractivity contribution is 0.483. The van der Waals surface area contributed by atoms with Gasteiger partial charge in [0, 0.05) is 5.56 Å². The van der Waals surface area contributed by atoms with Crippen LogP contribution < -0.4 is 16.0 Å². The molecule has 0 saturated heterocycles. The summed E-state index contributed by atoms with van der Waals surface area (Å²) in [6, 6.07) is 18.5. The molecule has 0 amide bonds. The zero-order valence-electron chi connectivity index (χ0n) is 11.1. The Hall–Kier alpha value is -3.08. The van der Waals surface area contributed by atoms with Crippen LogP contribution in [0.15, 0.2) is 65.5 Å². The lowest BCUT2D eigenvalue weighted by Crippen LogP contribution is -2.13. The maximum Gasteiger partial charge on any atom is 0.287 e. The topological polar surface area (TPSA) is 81.0 Å². The van der Waals surface area contributed by atoms with E-state index in [9.17, 15) is 4.79 Å². The number of H-pyrrole nitrogens is 1. The van der Waals surface area contributed by atoms with E-state index in [0.717, 1.165) is 17.1 Å². The number of para-hydroxylation sites is 1. The van der Waals surface area contributed by atoms with Crippen molar-refractivity contribution in [2.24, 2.45) is 0 Å². The normalized spacial score (nSPS) is 10.3. The van der Waals surface area contributed by atoms with E-state index in [1.165, 1.54) is 0 Å². The molecule has 0 bridgehead atoms. The Morgan fingerprint density at radius 2 is 1.62 bits per heavy atom. The van der Waals surface area contributed by atoms with Crippen molar-refractivity contribution in [1.29, 1.82) is 0 Å². The first-order chi connectivity index (χ1) is 10.2. The first-order valence-electron chi connectivity index (χ1n) is 6.41. The Bertz CT molecular complexity index is 796. The summed E-state index contributed by atoms with van der Waals surface area (Å²) < 4.78 is 5.71. The maximum absolute atomic E-state index is 11.2. The summed E-state index contributed by atoms with van der Waals surface area (Å²) in [7, 11) is 0. The number of aromatic amines is 1. The van der Waals surface area contributed by atoms with Gasteiger partial charge in [-0.2, -0.15) is 5.10 Å². The Morgan fingerprint density at radius 1 is 0.952 bits per heavy atom. The van der Waals surface area contributed by atoms with Crippen molar-refractivity contribution in [2.45, 2.75) is 0 Å². The van der Waals surface area contributed by atoms with Gasteiger partial charge in [-0.05, 0) is 42.5 Å². The van der Waals surface area contributed by atoms with Gasteiger partial charge >= 0.3 is 0 Å². The molecule has 0 unspecified atom stereocenters. The van der Waals surface area contributed by atoms with Crippen LogP contribution in [-0.2, 0) is 0 Å². The van der Waals surface area contributed by atoms with Gasteiger partial charge in [-0.25, -0.2) is 5.10 Å². The first kappa shape index (κ1) is 12.9. The summed E-state index contributed by atoms with van der Waals surface area (Å²) in [5.74, 6) is 1.50. The van der Waals surface area contributed by atoms with E-state index in [4.69, 9.17) is 10.5 Å². The van der Waals surface area contributed by atoms with Crippen molar-refractivity contribution in [2.75, 3.05) is 5.73 Å². The zero-order chi connectivity index (χ0) is 14.7. The third-order valence-electron chi connectivity index (χ3n) is 2.96. The van der Waals surface area contributed by atoms with Gasteiger partial charge in [0.25, 0.3) is 5.56 Å². The second-order valence-electron chi connectivity index (χ2n) is 4.48. The maximum atomic E-state index is 11.2. The van der Waals surface area contributed by atoms with Crippen LogP contribution in [0.25, 0.3) is 11.3 Å². The molecule has 2 aromatic carbocycles. The summed E-state index contributed by atoms with van der Waals surface area (Å²) in [5.41, 5.74) is 6.79. The number of nitrogen functional groups attached to an aromatic ring is 1. The van der Waals surface area contributed by atoms with Crippen molar-refractivity contribution in [1.82, 2.24) is 10.2 Å². The van der Waals surface area contributed by atoms with Gasteiger partial charge in [0.05, 0.1) is 5.69 Å². The molecular formula is C16H13N3O2. The molecule has 0 radical (unpaired) electrons. The van der Waals surface area contributed by atoms with E-state index in [1.54, 1.807) is 6.07 Å². The number of aromatic nitrogens is 2. The largest absolute Gasteiger partial charge is 0.457 e. The van der Waals surface area contributed by atoms with Crippen LogP contribution in [0.3, 0.4) is 0 Å². The van der Waals surface area contributed by atoms with Gasteiger partial charge in [0.2, 0.25) is 0 Å². The van der Waals surface area contributed by atoms with E-state index < -0.39 is 0 Å². The average Bonchev–Trinajstić information content (AvgIpc) is 2.52. The molecule has 21 heavy (non-hydrogen) atoms. The van der Waals surface area contributed by atoms with Crippen LogP contribution in [0.2, 0.25) is 0 Å². The minimum absolute atomic E-state index is 0.143. The van der Waals surface area contributed by atoms with Crippen molar-refractivity contribution in [3.63, 3.8) is 0 Å². The monoisotopic (exact) mass is 279 g/mol. The van der Waals surface area contributed by atoms with Crippen LogP contribution in [0, 0.1) is 0 Å². The highest BCUT2D eigenvalue weighted by molar-refractivity contribution is 5.62. The van der Waals surface area contributed by atoms with Gasteiger partial charge in [-0.1, -0.05) is 18.2 Å². The van der Waals surface area contributed by atoms with Gasteiger partial charge in [0.1, 0.15) is 17.2 Å². The van der Waals surface area contributed by atoms with Crippen molar-refractivity contribution >= 4 is 5.69 Å². The molecule has 5 nitrogen and oxygen atoms in total. The molecule has 3 N–H and O–H groups in total. The smallest absolute Gasteiger partial charge is 0.287 e. The third kappa shape index (κ3) is 2.92. The number of hydrogen-bond donors (Lipinski definition) is 2. The van der Waals surface area contributed by atoms with E-state index in [1.807, 2.05) is 54.6 Å². The summed E-state index contributed by atoms with van der Waals surface area (Å²) in [6.07, 6.45) is 0. The lowest BCUT2D eigenvalue weighted by Gasteiger charge is -2.06. The Labute approximate surface area is 121 Å². The Kier molecular flexibility index (Phi) is 3.39. The lowest BCUT2D eigenvalue weighted by atomic mass is 10.1. The molecule has 0 aliphatic heterocycles. The highest BCUT2D eigenvalue weighted by Crippen LogP contribution is 2.24. The predicted octanol–water partition coefficient (Wildman–Crippen LogP) is 2.81. The Balaban J connectivity index is 1.83. The molecular weight excluding hydrogens is 266 g/mol. The van der Waals surface area contributed by atoms with Crippen molar-refractivity contribution in [3.05, 3.63) is 71.0 Å². The number of anilines is 1. The quantitative estimate of drug-likeness (QED) is 0.772. The summed E-state index contributed by atoms with van der Waals surface area (Å²) in [6.45, 7) is 0. The van der Waals surface area contributed by atoms with Crippen LogP contribution in [0.1, 0.15) is 0 Å². The number of ether oxygens (including phenoxy) is 1. The minimum atomic E-state index is -0.386. The number of hydrogen-bond acceptors (Lipinski definition) is 4. The Morgan fingerprint density at radius 3 is 2.29 bits per heavy atom. The standard InChI is InChI=1S/C16H13N3O2/c17-14-10-15(18-19-16(14)20)11-6-8-13(9-7-11)21-12-4-2-1-3-5-12/h1-10H,(H2,17,18)(H,19,20). The molecule has 104 valence electrons. The zero-order valence-corrected chi connectivity index (χ0v) is 11.1. The van der Waals surface area contributed by atoms with Gasteiger partial charge in [-0.3, -0.25) is 4.79 Å². The molecule has 1 heterocycles. The van der Waals surface area contributed by atoms with Gasteiger partial charge < -0.3 is 10.5 Å². The third-order valence-corrected chi connectivity index (χ3v) is 2.96. The second kappa shape index (κ2) is 5.50. The molecule has 0 aliphatic rings. The molecule has 3 rings (SSSR count). The fourth-order valence-electron chi connectivity index (χ4n) is 1.89. The van der Waals surface area contributed by atoms with Crippen LogP contribution in [0.5, 0.6) is 11.5 Å². The summed E-state index contributed by atoms with van der Waals surface area (Å²) in [4.78, 5) is 11.2. The molecule has 0 saturated carbocycles. The van der Waals surface area contributed by atoms with Crippen LogP contribution in [-0.4, -0.2) is 10.2 Å². The molecule has 5 heteroatoms. The van der Waals surface area contributed by atoms with E-state index in [0.29, 0.717) is 5.69 Å². The number of rotatable bonds is 3. The van der Waals surface area contributed by atoms with E-state index >= 15 is 0 Å². The van der Waals surface area contributed by atoms with Gasteiger partial charge in [-0.15, -0.1) is 0 Å². The molecule has 0 aliphatic carbocycles. The van der Waals surface area contributed by atoms with E-state index in [2.05, 4.69) is 10.2 Å². The van der Waals surface area contributed by atoms with Crippen LogP contribution in [0.4, 0.5) is 5.69 Å². The number of nitrogens with two attached hydrogens (primary N) is 1. The SMILES string of the molecule is Nc1cc(-c2ccc(Oc3ccccc3)cc2)n[nH]c1=O. The predicted molar refractivity (Wildman–Crippen MR) is 81.2 cm³/mol. The summed E-state index contributed by atoms with van der Waals surface area (Å²) >= 11 is 0. The highest BCUT2D eigenvalue weighted by atomic mass is 16.5. The first-order valence-corrected chi connectivity index (χ1v) is 6.41. The van der Waals surface area contributed by atoms with Crippen molar-refractivity contribution < 1.29 is 4.74 Å². The number of benzene rings is 2. The fourth-order valence-corrected chi connectivity index (χ4v) is 1.89. The van der Waals surface area contributed by atoms with Crippen molar-refractivity contribution in [3.8, 4) is 22.8 Å². The van der Waals surface area contributed by atoms with Crippen LogP contribution >= 0.6 is 0 Å². The molecule has 1 aromatic heterocycles. The minimum Gasteiger partial charge on any atom is -0.457 e. The highest BCUT2D eigenvalue weighted by Gasteiger charge is 2.03. The molecule has 3 aromatic rings.